The largest absolute Gasteiger partial charge is 0.496 e. The van der Waals surface area contributed by atoms with E-state index in [1.807, 2.05) is 43.3 Å². The Kier molecular flexibility index (Phi) is 3.36. The van der Waals surface area contributed by atoms with Gasteiger partial charge in [-0.3, -0.25) is 4.98 Å². The molecule has 4 heteroatoms. The highest BCUT2D eigenvalue weighted by Crippen LogP contribution is 2.29. The van der Waals surface area contributed by atoms with E-state index in [9.17, 15) is 0 Å². The number of anilines is 3. The number of aryl methyl sites for hydroxylation is 1. The number of para-hydroxylation sites is 1. The zero-order valence-electron chi connectivity index (χ0n) is 12.1. The molecule has 0 unspecified atom stereocenters. The van der Waals surface area contributed by atoms with Gasteiger partial charge in [0.15, 0.2) is 0 Å². The van der Waals surface area contributed by atoms with E-state index >= 15 is 0 Å². The number of rotatable bonds is 3. The van der Waals surface area contributed by atoms with E-state index in [1.165, 1.54) is 0 Å². The SMILES string of the molecule is COc1ccc(Nc2ccnc3c(N)cccc23)cc1C. The van der Waals surface area contributed by atoms with Gasteiger partial charge in [0.1, 0.15) is 5.75 Å². The first kappa shape index (κ1) is 13.2. The predicted molar refractivity (Wildman–Crippen MR) is 87.2 cm³/mol. The van der Waals surface area contributed by atoms with Gasteiger partial charge in [0.25, 0.3) is 0 Å². The monoisotopic (exact) mass is 279 g/mol. The maximum atomic E-state index is 5.97. The molecule has 0 radical (unpaired) electrons. The standard InChI is InChI=1S/C17H17N3O/c1-11-10-12(6-7-16(11)21-2)20-15-8-9-19-17-13(15)4-3-5-14(17)18/h3-10H,18H2,1-2H3,(H,19,20). The topological polar surface area (TPSA) is 60.2 Å². The number of hydrogen-bond acceptors (Lipinski definition) is 4. The number of nitrogens with zero attached hydrogens (tertiary/aromatic N) is 1. The molecule has 0 saturated heterocycles. The molecule has 0 aliphatic carbocycles. The first-order chi connectivity index (χ1) is 10.2. The maximum Gasteiger partial charge on any atom is 0.121 e. The van der Waals surface area contributed by atoms with Gasteiger partial charge in [0, 0.05) is 23.0 Å². The maximum absolute atomic E-state index is 5.97. The molecule has 21 heavy (non-hydrogen) atoms. The Morgan fingerprint density at radius 2 is 2.00 bits per heavy atom. The van der Waals surface area contributed by atoms with E-state index in [4.69, 9.17) is 10.5 Å². The zero-order chi connectivity index (χ0) is 14.8. The van der Waals surface area contributed by atoms with Crippen LogP contribution in [0.3, 0.4) is 0 Å². The number of methoxy groups -OCH3 is 1. The molecule has 4 nitrogen and oxygen atoms in total. The lowest BCUT2D eigenvalue weighted by Gasteiger charge is -2.12. The molecule has 3 N–H and O–H groups in total. The molecule has 3 aromatic rings. The first-order valence-electron chi connectivity index (χ1n) is 6.74. The summed E-state index contributed by atoms with van der Waals surface area (Å²) in [5.74, 6) is 0.879. The Morgan fingerprint density at radius 1 is 1.14 bits per heavy atom. The Labute approximate surface area is 123 Å². The number of hydrogen-bond donors (Lipinski definition) is 2. The smallest absolute Gasteiger partial charge is 0.121 e. The van der Waals surface area contributed by atoms with Gasteiger partial charge in [-0.25, -0.2) is 0 Å². The van der Waals surface area contributed by atoms with Crippen LogP contribution >= 0.6 is 0 Å². The number of pyridine rings is 1. The van der Waals surface area contributed by atoms with Gasteiger partial charge in [-0.15, -0.1) is 0 Å². The minimum Gasteiger partial charge on any atom is -0.496 e. The molecule has 0 bridgehead atoms. The number of ether oxygens (including phenoxy) is 1. The van der Waals surface area contributed by atoms with E-state index in [1.54, 1.807) is 13.3 Å². The second kappa shape index (κ2) is 5.32. The lowest BCUT2D eigenvalue weighted by Crippen LogP contribution is -1.96. The molecule has 3 rings (SSSR count). The van der Waals surface area contributed by atoms with Crippen molar-refractivity contribution in [1.29, 1.82) is 0 Å². The molecule has 1 aromatic heterocycles. The molecule has 106 valence electrons. The van der Waals surface area contributed by atoms with Crippen molar-refractivity contribution in [3.05, 3.63) is 54.2 Å². The van der Waals surface area contributed by atoms with E-state index in [2.05, 4.69) is 16.4 Å². The summed E-state index contributed by atoms with van der Waals surface area (Å²) in [6, 6.07) is 13.7. The average Bonchev–Trinajstić information content (AvgIpc) is 2.49. The van der Waals surface area contributed by atoms with Crippen molar-refractivity contribution in [3.8, 4) is 5.75 Å². The molecule has 0 aliphatic heterocycles. The zero-order valence-corrected chi connectivity index (χ0v) is 12.1. The lowest BCUT2D eigenvalue weighted by atomic mass is 10.1. The van der Waals surface area contributed by atoms with Gasteiger partial charge >= 0.3 is 0 Å². The van der Waals surface area contributed by atoms with Crippen molar-refractivity contribution in [3.63, 3.8) is 0 Å². The van der Waals surface area contributed by atoms with E-state index < -0.39 is 0 Å². The van der Waals surface area contributed by atoms with Crippen molar-refractivity contribution in [2.75, 3.05) is 18.2 Å². The summed E-state index contributed by atoms with van der Waals surface area (Å²) in [4.78, 5) is 4.34. The summed E-state index contributed by atoms with van der Waals surface area (Å²) in [5.41, 5.74) is 10.5. The third kappa shape index (κ3) is 2.48. The third-order valence-corrected chi connectivity index (χ3v) is 3.48. The van der Waals surface area contributed by atoms with Gasteiger partial charge in [-0.2, -0.15) is 0 Å². The summed E-state index contributed by atoms with van der Waals surface area (Å²) < 4.78 is 5.28. The highest BCUT2D eigenvalue weighted by atomic mass is 16.5. The van der Waals surface area contributed by atoms with E-state index in [0.29, 0.717) is 5.69 Å². The van der Waals surface area contributed by atoms with Gasteiger partial charge in [0.2, 0.25) is 0 Å². The van der Waals surface area contributed by atoms with Gasteiger partial charge < -0.3 is 15.8 Å². The van der Waals surface area contributed by atoms with Crippen LogP contribution in [0.15, 0.2) is 48.7 Å². The van der Waals surface area contributed by atoms with Crippen molar-refractivity contribution in [2.45, 2.75) is 6.92 Å². The molecule has 1 heterocycles. The van der Waals surface area contributed by atoms with Gasteiger partial charge in [-0.1, -0.05) is 12.1 Å². The quantitative estimate of drug-likeness (QED) is 0.714. The van der Waals surface area contributed by atoms with Crippen LogP contribution in [0, 0.1) is 6.92 Å². The Morgan fingerprint density at radius 3 is 2.76 bits per heavy atom. The number of fused-ring (bicyclic) bond motifs is 1. The molecule has 0 fully saturated rings. The number of nitrogens with one attached hydrogen (secondary N) is 1. The minimum atomic E-state index is 0.682. The van der Waals surface area contributed by atoms with Crippen LogP contribution in [0.4, 0.5) is 17.1 Å². The molecule has 0 amide bonds. The number of benzene rings is 2. The van der Waals surface area contributed by atoms with Gasteiger partial charge in [-0.05, 0) is 42.8 Å². The van der Waals surface area contributed by atoms with Crippen LogP contribution in [-0.4, -0.2) is 12.1 Å². The Hall–Kier alpha value is -2.75. The number of nitrogen functional groups attached to an aromatic ring is 1. The van der Waals surface area contributed by atoms with Crippen molar-refractivity contribution in [2.24, 2.45) is 0 Å². The number of aromatic nitrogens is 1. The molecule has 2 aromatic carbocycles. The second-order valence-electron chi connectivity index (χ2n) is 4.91. The third-order valence-electron chi connectivity index (χ3n) is 3.48. The second-order valence-corrected chi connectivity index (χ2v) is 4.91. The lowest BCUT2D eigenvalue weighted by molar-refractivity contribution is 0.412. The molecule has 0 saturated carbocycles. The Bertz CT molecular complexity index is 799. The fourth-order valence-electron chi connectivity index (χ4n) is 2.42. The summed E-state index contributed by atoms with van der Waals surface area (Å²) in [5, 5.41) is 4.42. The fraction of sp³-hybridized carbons (Fsp3) is 0.118. The highest BCUT2D eigenvalue weighted by molar-refractivity contribution is 5.98. The molecule has 0 atom stereocenters. The molecule has 0 aliphatic rings. The first-order valence-corrected chi connectivity index (χ1v) is 6.74. The summed E-state index contributed by atoms with van der Waals surface area (Å²) >= 11 is 0. The molecular formula is C17H17N3O. The van der Waals surface area contributed by atoms with Crippen molar-refractivity contribution in [1.82, 2.24) is 4.98 Å². The van der Waals surface area contributed by atoms with Crippen molar-refractivity contribution < 1.29 is 4.74 Å². The molecule has 0 spiro atoms. The van der Waals surface area contributed by atoms with Crippen LogP contribution in [-0.2, 0) is 0 Å². The summed E-state index contributed by atoms with van der Waals surface area (Å²) in [7, 11) is 1.68. The predicted octanol–water partition coefficient (Wildman–Crippen LogP) is 3.88. The minimum absolute atomic E-state index is 0.682. The van der Waals surface area contributed by atoms with E-state index in [-0.39, 0.29) is 0 Å². The fourth-order valence-corrected chi connectivity index (χ4v) is 2.42. The van der Waals surface area contributed by atoms with Crippen LogP contribution in [0.1, 0.15) is 5.56 Å². The van der Waals surface area contributed by atoms with Crippen LogP contribution in [0.2, 0.25) is 0 Å². The molecular weight excluding hydrogens is 262 g/mol. The van der Waals surface area contributed by atoms with Crippen LogP contribution in [0.25, 0.3) is 10.9 Å². The highest BCUT2D eigenvalue weighted by Gasteiger charge is 2.06. The Balaban J connectivity index is 2.02. The normalized spacial score (nSPS) is 10.6. The summed E-state index contributed by atoms with van der Waals surface area (Å²) in [6.07, 6.45) is 1.76. The van der Waals surface area contributed by atoms with Crippen LogP contribution in [0.5, 0.6) is 5.75 Å². The van der Waals surface area contributed by atoms with Crippen molar-refractivity contribution >= 4 is 28.0 Å². The average molecular weight is 279 g/mol. The summed E-state index contributed by atoms with van der Waals surface area (Å²) in [6.45, 7) is 2.02. The number of nitrogens with two attached hydrogens (primary N) is 1. The van der Waals surface area contributed by atoms with Gasteiger partial charge in [0.05, 0.1) is 18.3 Å². The van der Waals surface area contributed by atoms with E-state index in [0.717, 1.165) is 33.6 Å². The van der Waals surface area contributed by atoms with Crippen LogP contribution < -0.4 is 15.8 Å².